The summed E-state index contributed by atoms with van der Waals surface area (Å²) in [6, 6.07) is 9.80. The summed E-state index contributed by atoms with van der Waals surface area (Å²) >= 11 is 0. The largest absolute Gasteiger partial charge is 0.506 e. The molecule has 0 spiro atoms. The molecule has 0 saturated carbocycles. The first-order valence-electron chi connectivity index (χ1n) is 8.84. The fourth-order valence-electron chi connectivity index (χ4n) is 3.00. The first kappa shape index (κ1) is 18.4. The number of aromatic hydroxyl groups is 2. The van der Waals surface area contributed by atoms with Crippen LogP contribution in [0.4, 0.5) is 5.82 Å². The van der Waals surface area contributed by atoms with Gasteiger partial charge in [-0.2, -0.15) is 0 Å². The van der Waals surface area contributed by atoms with E-state index in [9.17, 15) is 19.8 Å². The van der Waals surface area contributed by atoms with Crippen molar-refractivity contribution in [1.82, 2.24) is 9.55 Å². The molecule has 3 N–H and O–H groups in total. The molecule has 0 radical (unpaired) electrons. The number of rotatable bonds is 6. The second-order valence-electron chi connectivity index (χ2n) is 6.23. The molecule has 7 nitrogen and oxygen atoms in total. The Morgan fingerprint density at radius 2 is 1.93 bits per heavy atom. The predicted molar refractivity (Wildman–Crippen MR) is 103 cm³/mol. The highest BCUT2D eigenvalue weighted by Gasteiger charge is 2.23. The number of hydrogen-bond acceptors (Lipinski definition) is 5. The maximum Gasteiger partial charge on any atom is 0.267 e. The second kappa shape index (κ2) is 7.90. The van der Waals surface area contributed by atoms with E-state index in [1.807, 2.05) is 0 Å². The van der Waals surface area contributed by atoms with E-state index in [1.54, 1.807) is 24.3 Å². The van der Waals surface area contributed by atoms with E-state index in [1.165, 1.54) is 22.9 Å². The van der Waals surface area contributed by atoms with E-state index in [0.29, 0.717) is 17.4 Å². The van der Waals surface area contributed by atoms with Gasteiger partial charge in [0.1, 0.15) is 11.3 Å². The van der Waals surface area contributed by atoms with Gasteiger partial charge in [-0.05, 0) is 30.7 Å². The second-order valence-corrected chi connectivity index (χ2v) is 6.23. The van der Waals surface area contributed by atoms with E-state index in [0.717, 1.165) is 19.3 Å². The minimum absolute atomic E-state index is 0.0769. The molecule has 0 unspecified atom stereocenters. The summed E-state index contributed by atoms with van der Waals surface area (Å²) in [5, 5.41) is 23.2. The fourth-order valence-corrected chi connectivity index (χ4v) is 3.00. The highest BCUT2D eigenvalue weighted by Crippen LogP contribution is 2.28. The van der Waals surface area contributed by atoms with Crippen LogP contribution in [0.1, 0.15) is 36.5 Å². The van der Waals surface area contributed by atoms with Gasteiger partial charge in [-0.25, -0.2) is 4.98 Å². The lowest BCUT2D eigenvalue weighted by Gasteiger charge is -2.15. The molecule has 1 amide bonds. The molecule has 2 heterocycles. The average molecular weight is 367 g/mol. The number of amides is 1. The Bertz CT molecular complexity index is 1040. The quantitative estimate of drug-likeness (QED) is 0.580. The van der Waals surface area contributed by atoms with Crippen molar-refractivity contribution in [2.75, 3.05) is 5.32 Å². The minimum Gasteiger partial charge on any atom is -0.506 e. The van der Waals surface area contributed by atoms with Gasteiger partial charge in [-0.15, -0.1) is 0 Å². The molecular formula is C20H21N3O4. The number of nitrogens with zero attached hydrogens (tertiary/aromatic N) is 2. The third kappa shape index (κ3) is 3.62. The van der Waals surface area contributed by atoms with Crippen LogP contribution in [0.5, 0.6) is 11.5 Å². The Morgan fingerprint density at radius 1 is 1.15 bits per heavy atom. The average Bonchev–Trinajstić information content (AvgIpc) is 2.66. The van der Waals surface area contributed by atoms with Crippen LogP contribution in [0.3, 0.4) is 0 Å². The van der Waals surface area contributed by atoms with Crippen molar-refractivity contribution in [3.63, 3.8) is 0 Å². The summed E-state index contributed by atoms with van der Waals surface area (Å²) in [5.41, 5.74) is -0.362. The summed E-state index contributed by atoms with van der Waals surface area (Å²) in [6.45, 7) is 2.51. The molecule has 2 aromatic heterocycles. The van der Waals surface area contributed by atoms with Crippen molar-refractivity contribution in [3.8, 4) is 11.5 Å². The van der Waals surface area contributed by atoms with E-state index in [-0.39, 0.29) is 22.9 Å². The van der Waals surface area contributed by atoms with Gasteiger partial charge >= 0.3 is 0 Å². The van der Waals surface area contributed by atoms with Gasteiger partial charge in [0.15, 0.2) is 11.6 Å². The van der Waals surface area contributed by atoms with Gasteiger partial charge in [-0.3, -0.25) is 9.59 Å². The van der Waals surface area contributed by atoms with Gasteiger partial charge < -0.3 is 20.1 Å². The molecular weight excluding hydrogens is 346 g/mol. The van der Waals surface area contributed by atoms with E-state index in [4.69, 9.17) is 0 Å². The Labute approximate surface area is 155 Å². The summed E-state index contributed by atoms with van der Waals surface area (Å²) < 4.78 is 1.51. The lowest BCUT2D eigenvalue weighted by atomic mass is 10.1. The Hall–Kier alpha value is -3.35. The van der Waals surface area contributed by atoms with Crippen LogP contribution in [0.2, 0.25) is 0 Å². The van der Waals surface area contributed by atoms with Crippen molar-refractivity contribution in [2.24, 2.45) is 0 Å². The van der Waals surface area contributed by atoms with Crippen molar-refractivity contribution in [2.45, 2.75) is 32.7 Å². The molecule has 3 rings (SSSR count). The van der Waals surface area contributed by atoms with Crippen molar-refractivity contribution < 1.29 is 15.0 Å². The van der Waals surface area contributed by atoms with Crippen LogP contribution >= 0.6 is 0 Å². The van der Waals surface area contributed by atoms with Gasteiger partial charge in [0, 0.05) is 18.1 Å². The predicted octanol–water partition coefficient (Wildman–Crippen LogP) is 3.25. The van der Waals surface area contributed by atoms with Crippen LogP contribution in [-0.2, 0) is 6.54 Å². The number of anilines is 1. The van der Waals surface area contributed by atoms with Crippen molar-refractivity contribution >= 4 is 22.6 Å². The minimum atomic E-state index is -0.818. The zero-order valence-corrected chi connectivity index (χ0v) is 15.0. The van der Waals surface area contributed by atoms with Crippen LogP contribution < -0.4 is 10.9 Å². The molecule has 0 aliphatic rings. The van der Waals surface area contributed by atoms with Gasteiger partial charge in [0.2, 0.25) is 0 Å². The van der Waals surface area contributed by atoms with E-state index >= 15 is 0 Å². The molecule has 0 saturated heterocycles. The van der Waals surface area contributed by atoms with Gasteiger partial charge in [-0.1, -0.05) is 31.9 Å². The summed E-state index contributed by atoms with van der Waals surface area (Å²) in [4.78, 5) is 29.5. The van der Waals surface area contributed by atoms with Crippen LogP contribution in [0, 0.1) is 0 Å². The molecule has 0 bridgehead atoms. The molecule has 140 valence electrons. The van der Waals surface area contributed by atoms with Gasteiger partial charge in [0.05, 0.1) is 5.52 Å². The number of unbranched alkanes of at least 4 members (excludes halogenated alkanes) is 2. The van der Waals surface area contributed by atoms with Crippen molar-refractivity contribution in [3.05, 3.63) is 58.5 Å². The topological polar surface area (TPSA) is 104 Å². The van der Waals surface area contributed by atoms with Crippen LogP contribution in [0.15, 0.2) is 47.4 Å². The lowest BCUT2D eigenvalue weighted by molar-refractivity contribution is 0.102. The Balaban J connectivity index is 2.10. The number of benzene rings is 1. The normalized spacial score (nSPS) is 10.9. The van der Waals surface area contributed by atoms with Gasteiger partial charge in [0.25, 0.3) is 11.5 Å². The highest BCUT2D eigenvalue weighted by atomic mass is 16.3. The first-order valence-corrected chi connectivity index (χ1v) is 8.84. The van der Waals surface area contributed by atoms with E-state index < -0.39 is 11.5 Å². The summed E-state index contributed by atoms with van der Waals surface area (Å²) in [6.07, 6.45) is 4.13. The fraction of sp³-hybridized carbons (Fsp3) is 0.250. The molecule has 0 aliphatic carbocycles. The molecule has 3 aromatic rings. The molecule has 27 heavy (non-hydrogen) atoms. The Kier molecular flexibility index (Phi) is 5.40. The monoisotopic (exact) mass is 367 g/mol. The maximum absolute atomic E-state index is 13.0. The standard InChI is InChI=1S/C20H21N3O4/c1-2-3-6-12-23-14-9-5-4-8-13(14)17(25)16(20(23)27)19(26)22-18-15(24)10-7-11-21-18/h4-5,7-11,24-25H,2-3,6,12H2,1H3,(H,21,22,26). The number of nitrogens with one attached hydrogen (secondary N) is 1. The number of para-hydroxylation sites is 1. The Morgan fingerprint density at radius 3 is 2.67 bits per heavy atom. The number of carbonyl (C=O) groups is 1. The van der Waals surface area contributed by atoms with Crippen molar-refractivity contribution in [1.29, 1.82) is 0 Å². The highest BCUT2D eigenvalue weighted by molar-refractivity contribution is 6.09. The SMILES string of the molecule is CCCCCn1c(=O)c(C(=O)Nc2ncccc2O)c(O)c2ccccc21. The molecule has 0 fully saturated rings. The number of pyridine rings is 2. The summed E-state index contributed by atoms with van der Waals surface area (Å²) in [7, 11) is 0. The molecule has 1 aromatic carbocycles. The third-order valence-electron chi connectivity index (χ3n) is 4.38. The zero-order valence-electron chi connectivity index (χ0n) is 15.0. The molecule has 7 heteroatoms. The van der Waals surface area contributed by atoms with Crippen LogP contribution in [-0.4, -0.2) is 25.7 Å². The number of fused-ring (bicyclic) bond motifs is 1. The van der Waals surface area contributed by atoms with E-state index in [2.05, 4.69) is 17.2 Å². The molecule has 0 atom stereocenters. The third-order valence-corrected chi connectivity index (χ3v) is 4.38. The zero-order chi connectivity index (χ0) is 19.4. The number of hydrogen-bond donors (Lipinski definition) is 3. The summed E-state index contributed by atoms with van der Waals surface area (Å²) in [5.74, 6) is -1.50. The maximum atomic E-state index is 13.0. The number of aromatic nitrogens is 2. The smallest absolute Gasteiger partial charge is 0.267 e. The van der Waals surface area contributed by atoms with Crippen LogP contribution in [0.25, 0.3) is 10.9 Å². The number of aryl methyl sites for hydroxylation is 1. The molecule has 0 aliphatic heterocycles. The lowest BCUT2D eigenvalue weighted by Crippen LogP contribution is -2.30. The first-order chi connectivity index (χ1) is 13.0. The number of carbonyl (C=O) groups excluding carboxylic acids is 1.